The molecule has 0 saturated heterocycles. The summed E-state index contributed by atoms with van der Waals surface area (Å²) in [5.41, 5.74) is 1.30. The van der Waals surface area contributed by atoms with E-state index in [-0.39, 0.29) is 11.5 Å². The maximum absolute atomic E-state index is 9.64. The summed E-state index contributed by atoms with van der Waals surface area (Å²) < 4.78 is 10.9. The van der Waals surface area contributed by atoms with Crippen LogP contribution in [0.25, 0.3) is 11.0 Å². The molecule has 0 saturated carbocycles. The molecule has 4 nitrogen and oxygen atoms in total. The van der Waals surface area contributed by atoms with Crippen molar-refractivity contribution in [3.63, 3.8) is 0 Å². The van der Waals surface area contributed by atoms with Crippen LogP contribution in [-0.4, -0.2) is 10.2 Å². The highest BCUT2D eigenvalue weighted by Gasteiger charge is 2.09. The molecule has 0 bridgehead atoms. The second-order valence-corrected chi connectivity index (χ2v) is 4.20. The molecular weight excluding hydrogens is 244 g/mol. The molecule has 1 heterocycles. The summed E-state index contributed by atoms with van der Waals surface area (Å²) in [5.74, 6) is 0.850. The van der Waals surface area contributed by atoms with E-state index in [0.29, 0.717) is 17.9 Å². The van der Waals surface area contributed by atoms with E-state index >= 15 is 0 Å². The predicted molar refractivity (Wildman–Crippen MR) is 70.3 cm³/mol. The van der Waals surface area contributed by atoms with Crippen LogP contribution in [0.1, 0.15) is 5.56 Å². The van der Waals surface area contributed by atoms with Gasteiger partial charge in [-0.1, -0.05) is 18.2 Å². The molecule has 0 unspecified atom stereocenters. The van der Waals surface area contributed by atoms with Gasteiger partial charge in [0.05, 0.1) is 6.26 Å². The van der Waals surface area contributed by atoms with Gasteiger partial charge in [-0.05, 0) is 18.2 Å². The fraction of sp³-hybridized carbons (Fsp3) is 0.0667. The lowest BCUT2D eigenvalue weighted by atomic mass is 10.2. The summed E-state index contributed by atoms with van der Waals surface area (Å²) in [7, 11) is 0. The van der Waals surface area contributed by atoms with Crippen LogP contribution in [0.4, 0.5) is 0 Å². The number of ether oxygens (including phenoxy) is 1. The van der Waals surface area contributed by atoms with Crippen molar-refractivity contribution in [1.82, 2.24) is 0 Å². The Labute approximate surface area is 109 Å². The highest BCUT2D eigenvalue weighted by molar-refractivity contribution is 5.85. The maximum Gasteiger partial charge on any atom is 0.175 e. The number of rotatable bonds is 3. The molecule has 3 aromatic rings. The minimum Gasteiger partial charge on any atom is -0.508 e. The van der Waals surface area contributed by atoms with Crippen LogP contribution in [0.15, 0.2) is 53.1 Å². The van der Waals surface area contributed by atoms with Gasteiger partial charge in [-0.15, -0.1) is 0 Å². The number of fused-ring (bicyclic) bond motifs is 1. The van der Waals surface area contributed by atoms with Crippen molar-refractivity contribution in [3.05, 3.63) is 54.3 Å². The zero-order valence-electron chi connectivity index (χ0n) is 10.0. The molecule has 2 aromatic carbocycles. The van der Waals surface area contributed by atoms with Crippen LogP contribution in [0.2, 0.25) is 0 Å². The third kappa shape index (κ3) is 2.20. The zero-order chi connectivity index (χ0) is 13.2. The van der Waals surface area contributed by atoms with Gasteiger partial charge < -0.3 is 19.4 Å². The number of aromatic hydroxyl groups is 2. The molecule has 0 amide bonds. The van der Waals surface area contributed by atoms with Gasteiger partial charge in [0.15, 0.2) is 11.3 Å². The smallest absolute Gasteiger partial charge is 0.175 e. The molecule has 0 aliphatic heterocycles. The summed E-state index contributed by atoms with van der Waals surface area (Å²) >= 11 is 0. The lowest BCUT2D eigenvalue weighted by molar-refractivity contribution is 0.304. The first-order valence-electron chi connectivity index (χ1n) is 5.84. The van der Waals surface area contributed by atoms with Crippen molar-refractivity contribution in [2.45, 2.75) is 6.61 Å². The molecule has 0 fully saturated rings. The van der Waals surface area contributed by atoms with Gasteiger partial charge in [0.25, 0.3) is 0 Å². The molecule has 96 valence electrons. The van der Waals surface area contributed by atoms with E-state index in [0.717, 1.165) is 10.9 Å². The van der Waals surface area contributed by atoms with Gasteiger partial charge in [0.1, 0.15) is 18.1 Å². The van der Waals surface area contributed by atoms with Gasteiger partial charge in [-0.25, -0.2) is 0 Å². The number of furan rings is 1. The molecule has 19 heavy (non-hydrogen) atoms. The second kappa shape index (κ2) is 4.57. The third-order valence-electron chi connectivity index (χ3n) is 2.87. The van der Waals surface area contributed by atoms with E-state index in [1.165, 1.54) is 0 Å². The fourth-order valence-corrected chi connectivity index (χ4v) is 1.94. The quantitative estimate of drug-likeness (QED) is 0.753. The van der Waals surface area contributed by atoms with Crippen molar-refractivity contribution < 1.29 is 19.4 Å². The molecule has 1 aromatic heterocycles. The molecule has 3 rings (SSSR count). The molecule has 0 spiro atoms. The summed E-state index contributed by atoms with van der Waals surface area (Å²) in [6.45, 7) is 0.305. The van der Waals surface area contributed by atoms with E-state index < -0.39 is 0 Å². The highest BCUT2D eigenvalue weighted by Crippen LogP contribution is 2.29. The molecule has 2 N–H and O–H groups in total. The average molecular weight is 256 g/mol. The Morgan fingerprint density at radius 3 is 2.74 bits per heavy atom. The van der Waals surface area contributed by atoms with Crippen molar-refractivity contribution in [2.75, 3.05) is 0 Å². The number of hydrogen-bond donors (Lipinski definition) is 2. The Balaban J connectivity index is 1.84. The molecule has 0 radical (unpaired) electrons. The van der Waals surface area contributed by atoms with Crippen molar-refractivity contribution in [1.29, 1.82) is 0 Å². The van der Waals surface area contributed by atoms with Crippen LogP contribution in [0.5, 0.6) is 17.2 Å². The molecule has 4 heteroatoms. The van der Waals surface area contributed by atoms with Gasteiger partial charge in [0, 0.05) is 17.0 Å². The van der Waals surface area contributed by atoms with Crippen LogP contribution < -0.4 is 4.74 Å². The van der Waals surface area contributed by atoms with E-state index in [4.69, 9.17) is 9.15 Å². The van der Waals surface area contributed by atoms with E-state index in [2.05, 4.69) is 0 Å². The Hall–Kier alpha value is -2.62. The number of benzene rings is 2. The SMILES string of the molecule is Oc1cccc(OCc2coc3c(O)cccc23)c1. The van der Waals surface area contributed by atoms with Gasteiger partial charge >= 0.3 is 0 Å². The Morgan fingerprint density at radius 1 is 1.05 bits per heavy atom. The fourth-order valence-electron chi connectivity index (χ4n) is 1.94. The van der Waals surface area contributed by atoms with E-state index in [9.17, 15) is 10.2 Å². The average Bonchev–Trinajstić information content (AvgIpc) is 2.81. The van der Waals surface area contributed by atoms with E-state index in [1.54, 1.807) is 42.7 Å². The topological polar surface area (TPSA) is 62.8 Å². The van der Waals surface area contributed by atoms with E-state index in [1.807, 2.05) is 6.07 Å². The van der Waals surface area contributed by atoms with Gasteiger partial charge in [-0.2, -0.15) is 0 Å². The van der Waals surface area contributed by atoms with Crippen molar-refractivity contribution >= 4 is 11.0 Å². The maximum atomic E-state index is 9.64. The lowest BCUT2D eigenvalue weighted by Crippen LogP contribution is -1.93. The minimum atomic E-state index is 0.112. The standard InChI is InChI=1S/C15H12O4/c16-11-3-1-4-12(7-11)18-8-10-9-19-15-13(10)5-2-6-14(15)17/h1-7,9,16-17H,8H2. The Kier molecular flexibility index (Phi) is 2.76. The Morgan fingerprint density at radius 2 is 1.89 bits per heavy atom. The van der Waals surface area contributed by atoms with Crippen LogP contribution >= 0.6 is 0 Å². The first-order chi connectivity index (χ1) is 9.24. The number of hydrogen-bond acceptors (Lipinski definition) is 4. The normalized spacial score (nSPS) is 10.7. The molecule has 0 aliphatic rings. The number of phenols is 2. The lowest BCUT2D eigenvalue weighted by Gasteiger charge is -2.05. The third-order valence-corrected chi connectivity index (χ3v) is 2.87. The van der Waals surface area contributed by atoms with Crippen LogP contribution in [0.3, 0.4) is 0 Å². The number of para-hydroxylation sites is 1. The second-order valence-electron chi connectivity index (χ2n) is 4.20. The summed E-state index contributed by atoms with van der Waals surface area (Å²) in [6.07, 6.45) is 1.56. The first-order valence-corrected chi connectivity index (χ1v) is 5.84. The van der Waals surface area contributed by atoms with Crippen molar-refractivity contribution in [3.8, 4) is 17.2 Å². The summed E-state index contributed by atoms with van der Waals surface area (Å²) in [4.78, 5) is 0. The van der Waals surface area contributed by atoms with Crippen LogP contribution in [0, 0.1) is 0 Å². The number of phenolic OH excluding ortho intramolecular Hbond substituents is 2. The minimum absolute atomic E-state index is 0.112. The Bertz CT molecular complexity index is 715. The molecular formula is C15H12O4. The van der Waals surface area contributed by atoms with Crippen LogP contribution in [-0.2, 0) is 6.61 Å². The highest BCUT2D eigenvalue weighted by atomic mass is 16.5. The molecule has 0 aliphatic carbocycles. The molecule has 0 atom stereocenters. The predicted octanol–water partition coefficient (Wildman–Crippen LogP) is 3.42. The zero-order valence-corrected chi connectivity index (χ0v) is 10.0. The van der Waals surface area contributed by atoms with Crippen molar-refractivity contribution in [2.24, 2.45) is 0 Å². The monoisotopic (exact) mass is 256 g/mol. The largest absolute Gasteiger partial charge is 0.508 e. The summed E-state index contributed by atoms with van der Waals surface area (Å²) in [6, 6.07) is 11.8. The summed E-state index contributed by atoms with van der Waals surface area (Å²) in [5, 5.41) is 19.8. The van der Waals surface area contributed by atoms with Gasteiger partial charge in [0.2, 0.25) is 0 Å². The first kappa shape index (κ1) is 11.5. The van der Waals surface area contributed by atoms with Gasteiger partial charge in [-0.3, -0.25) is 0 Å².